The Hall–Kier alpha value is -1.17. The van der Waals surface area contributed by atoms with E-state index in [9.17, 15) is 4.79 Å². The van der Waals surface area contributed by atoms with Crippen LogP contribution in [0.3, 0.4) is 0 Å². The summed E-state index contributed by atoms with van der Waals surface area (Å²) in [6.07, 6.45) is 6.05. The SMILES string of the molecule is CCC(CC)NC(=O)OC[C@@H]1[C@@H]2CCC#CCC[C@@H]21. The second-order valence-electron chi connectivity index (χ2n) is 5.68. The highest BCUT2D eigenvalue weighted by Gasteiger charge is 2.49. The van der Waals surface area contributed by atoms with Crippen molar-refractivity contribution in [2.75, 3.05) is 6.61 Å². The molecule has 0 bridgehead atoms. The summed E-state index contributed by atoms with van der Waals surface area (Å²) in [6, 6.07) is 0.244. The minimum atomic E-state index is -0.246. The summed E-state index contributed by atoms with van der Waals surface area (Å²) < 4.78 is 5.38. The van der Waals surface area contributed by atoms with Crippen LogP contribution in [0.15, 0.2) is 0 Å². The van der Waals surface area contributed by atoms with Crippen molar-refractivity contribution in [1.29, 1.82) is 0 Å². The van der Waals surface area contributed by atoms with Crippen molar-refractivity contribution in [3.8, 4) is 11.8 Å². The number of amides is 1. The maximum atomic E-state index is 11.7. The first-order valence-electron chi connectivity index (χ1n) is 7.65. The maximum Gasteiger partial charge on any atom is 0.407 e. The van der Waals surface area contributed by atoms with Crippen LogP contribution in [0, 0.1) is 29.6 Å². The van der Waals surface area contributed by atoms with Crippen molar-refractivity contribution < 1.29 is 9.53 Å². The highest BCUT2D eigenvalue weighted by molar-refractivity contribution is 5.67. The lowest BCUT2D eigenvalue weighted by Crippen LogP contribution is -2.34. The van der Waals surface area contributed by atoms with E-state index in [1.165, 1.54) is 12.8 Å². The van der Waals surface area contributed by atoms with Crippen LogP contribution in [0.2, 0.25) is 0 Å². The van der Waals surface area contributed by atoms with E-state index in [4.69, 9.17) is 4.74 Å². The molecule has 2 aliphatic rings. The van der Waals surface area contributed by atoms with Crippen LogP contribution >= 0.6 is 0 Å². The number of ether oxygens (including phenoxy) is 1. The van der Waals surface area contributed by atoms with E-state index in [2.05, 4.69) is 31.0 Å². The Kier molecular flexibility index (Phi) is 5.13. The second kappa shape index (κ2) is 6.84. The number of fused-ring (bicyclic) bond motifs is 1. The van der Waals surface area contributed by atoms with Gasteiger partial charge in [0.1, 0.15) is 0 Å². The molecule has 0 aliphatic heterocycles. The number of carbonyl (C=O) groups excluding carboxylic acids is 1. The maximum absolute atomic E-state index is 11.7. The molecule has 3 nitrogen and oxygen atoms in total. The van der Waals surface area contributed by atoms with E-state index in [-0.39, 0.29) is 12.1 Å². The fourth-order valence-corrected chi connectivity index (χ4v) is 3.16. The van der Waals surface area contributed by atoms with Crippen molar-refractivity contribution in [3.63, 3.8) is 0 Å². The van der Waals surface area contributed by atoms with E-state index >= 15 is 0 Å². The van der Waals surface area contributed by atoms with Gasteiger partial charge in [-0.2, -0.15) is 0 Å². The molecule has 19 heavy (non-hydrogen) atoms. The Morgan fingerprint density at radius 3 is 2.32 bits per heavy atom. The third-order valence-corrected chi connectivity index (χ3v) is 4.55. The predicted molar refractivity (Wildman–Crippen MR) is 75.6 cm³/mol. The van der Waals surface area contributed by atoms with Crippen molar-refractivity contribution in [2.24, 2.45) is 17.8 Å². The molecule has 0 saturated heterocycles. The van der Waals surface area contributed by atoms with Crippen LogP contribution in [-0.2, 0) is 4.74 Å². The zero-order valence-electron chi connectivity index (χ0n) is 12.1. The molecule has 0 radical (unpaired) electrons. The number of carbonyl (C=O) groups is 1. The molecule has 0 aromatic heterocycles. The minimum absolute atomic E-state index is 0.244. The highest BCUT2D eigenvalue weighted by atomic mass is 16.5. The smallest absolute Gasteiger partial charge is 0.407 e. The van der Waals surface area contributed by atoms with Crippen LogP contribution in [0.4, 0.5) is 4.79 Å². The first-order chi connectivity index (χ1) is 9.26. The fraction of sp³-hybridized carbons (Fsp3) is 0.812. The first kappa shape index (κ1) is 14.2. The van der Waals surface area contributed by atoms with Gasteiger partial charge in [-0.25, -0.2) is 4.79 Å². The van der Waals surface area contributed by atoms with Gasteiger partial charge >= 0.3 is 6.09 Å². The molecule has 0 unspecified atom stereocenters. The average Bonchev–Trinajstić information content (AvgIpc) is 3.03. The van der Waals surface area contributed by atoms with Gasteiger partial charge in [0.25, 0.3) is 0 Å². The van der Waals surface area contributed by atoms with Crippen molar-refractivity contribution in [3.05, 3.63) is 0 Å². The molecule has 1 amide bonds. The lowest BCUT2D eigenvalue weighted by atomic mass is 10.1. The van der Waals surface area contributed by atoms with E-state index in [1.54, 1.807) is 0 Å². The van der Waals surface area contributed by atoms with Crippen LogP contribution in [0.5, 0.6) is 0 Å². The van der Waals surface area contributed by atoms with Gasteiger partial charge in [-0.3, -0.25) is 0 Å². The summed E-state index contributed by atoms with van der Waals surface area (Å²) >= 11 is 0. The van der Waals surface area contributed by atoms with Crippen molar-refractivity contribution >= 4 is 6.09 Å². The van der Waals surface area contributed by atoms with Gasteiger partial charge in [0, 0.05) is 18.9 Å². The van der Waals surface area contributed by atoms with E-state index in [0.29, 0.717) is 12.5 Å². The molecule has 2 rings (SSSR count). The molecule has 3 atom stereocenters. The van der Waals surface area contributed by atoms with Crippen LogP contribution < -0.4 is 5.32 Å². The van der Waals surface area contributed by atoms with Crippen LogP contribution in [0.25, 0.3) is 0 Å². The number of rotatable bonds is 5. The van der Waals surface area contributed by atoms with Gasteiger partial charge in [-0.1, -0.05) is 13.8 Å². The molecule has 0 aromatic carbocycles. The first-order valence-corrected chi connectivity index (χ1v) is 7.65. The summed E-state index contributed by atoms with van der Waals surface area (Å²) in [4.78, 5) is 11.7. The molecule has 1 fully saturated rings. The number of alkyl carbamates (subject to hydrolysis) is 1. The third-order valence-electron chi connectivity index (χ3n) is 4.55. The van der Waals surface area contributed by atoms with E-state index in [1.807, 2.05) is 0 Å². The number of hydrogen-bond acceptors (Lipinski definition) is 2. The van der Waals surface area contributed by atoms with Crippen molar-refractivity contribution in [1.82, 2.24) is 5.32 Å². The number of nitrogens with one attached hydrogen (secondary N) is 1. The summed E-state index contributed by atoms with van der Waals surface area (Å²) in [5.41, 5.74) is 0. The molecule has 0 heterocycles. The molecular formula is C16H25NO2. The standard InChI is InChI=1S/C16H25NO2/c1-3-12(4-2)17-16(18)19-11-15-13-9-7-5-6-8-10-14(13)15/h12-15H,3-4,7-11H2,1-2H3,(H,17,18)/t13-,14+,15-. The van der Waals surface area contributed by atoms with Gasteiger partial charge in [-0.15, -0.1) is 11.8 Å². The molecule has 2 aliphatic carbocycles. The monoisotopic (exact) mass is 263 g/mol. The zero-order chi connectivity index (χ0) is 13.7. The summed E-state index contributed by atoms with van der Waals surface area (Å²) in [5, 5.41) is 2.92. The molecule has 0 aromatic rings. The lowest BCUT2D eigenvalue weighted by Gasteiger charge is -2.14. The van der Waals surface area contributed by atoms with Gasteiger partial charge in [0.15, 0.2) is 0 Å². The van der Waals surface area contributed by atoms with Gasteiger partial charge < -0.3 is 10.1 Å². The van der Waals surface area contributed by atoms with E-state index in [0.717, 1.165) is 37.5 Å². The zero-order valence-corrected chi connectivity index (χ0v) is 12.1. The summed E-state index contributed by atoms with van der Waals surface area (Å²) in [6.45, 7) is 4.75. The van der Waals surface area contributed by atoms with Gasteiger partial charge in [-0.05, 0) is 43.4 Å². The second-order valence-corrected chi connectivity index (χ2v) is 5.68. The Balaban J connectivity index is 1.68. The summed E-state index contributed by atoms with van der Waals surface area (Å²) in [5.74, 6) is 8.47. The van der Waals surface area contributed by atoms with Crippen molar-refractivity contribution in [2.45, 2.75) is 58.4 Å². The number of hydrogen-bond donors (Lipinski definition) is 1. The molecule has 1 N–H and O–H groups in total. The predicted octanol–water partition coefficient (Wildman–Crippen LogP) is 3.34. The van der Waals surface area contributed by atoms with Crippen LogP contribution in [0.1, 0.15) is 52.4 Å². The Bertz CT molecular complexity index is 347. The van der Waals surface area contributed by atoms with Gasteiger partial charge in [0.05, 0.1) is 6.61 Å². The lowest BCUT2D eigenvalue weighted by molar-refractivity contribution is 0.133. The van der Waals surface area contributed by atoms with Gasteiger partial charge in [0.2, 0.25) is 0 Å². The quantitative estimate of drug-likeness (QED) is 0.773. The average molecular weight is 263 g/mol. The largest absolute Gasteiger partial charge is 0.449 e. The topological polar surface area (TPSA) is 38.3 Å². The molecule has 0 spiro atoms. The molecule has 1 saturated carbocycles. The molecular weight excluding hydrogens is 238 g/mol. The van der Waals surface area contributed by atoms with E-state index < -0.39 is 0 Å². The molecule has 3 heteroatoms. The molecule has 106 valence electrons. The normalized spacial score (nSPS) is 28.5. The van der Waals surface area contributed by atoms with Crippen LogP contribution in [-0.4, -0.2) is 18.7 Å². The third kappa shape index (κ3) is 3.89. The Morgan fingerprint density at radius 2 is 1.79 bits per heavy atom. The fourth-order valence-electron chi connectivity index (χ4n) is 3.16. The minimum Gasteiger partial charge on any atom is -0.449 e. The Labute approximate surface area is 116 Å². The highest BCUT2D eigenvalue weighted by Crippen LogP contribution is 2.52. The Morgan fingerprint density at radius 1 is 1.21 bits per heavy atom. The summed E-state index contributed by atoms with van der Waals surface area (Å²) in [7, 11) is 0.